The first kappa shape index (κ1) is 16.8. The van der Waals surface area contributed by atoms with Crippen LogP contribution >= 0.6 is 0 Å². The maximum absolute atomic E-state index is 13.3. The molecule has 3 unspecified atom stereocenters. The number of carbonyl (C=O) groups is 1. The van der Waals surface area contributed by atoms with Crippen LogP contribution in [0.2, 0.25) is 0 Å². The molecule has 3 atom stereocenters. The number of urea groups is 1. The fourth-order valence-electron chi connectivity index (χ4n) is 3.71. The summed E-state index contributed by atoms with van der Waals surface area (Å²) in [5.41, 5.74) is 2.71. The van der Waals surface area contributed by atoms with Crippen molar-refractivity contribution >= 4 is 11.7 Å². The van der Waals surface area contributed by atoms with E-state index in [4.69, 9.17) is 9.47 Å². The van der Waals surface area contributed by atoms with Crippen molar-refractivity contribution in [3.8, 4) is 5.88 Å². The molecule has 1 heterocycles. The number of amides is 2. The van der Waals surface area contributed by atoms with Gasteiger partial charge in [-0.1, -0.05) is 6.07 Å². The fourth-order valence-corrected chi connectivity index (χ4v) is 3.71. The van der Waals surface area contributed by atoms with Gasteiger partial charge in [0.2, 0.25) is 5.88 Å². The molecular weight excluding hydrogens is 337 g/mol. The highest BCUT2D eigenvalue weighted by Crippen LogP contribution is 2.56. The third kappa shape index (κ3) is 3.22. The average Bonchev–Trinajstić information content (AvgIpc) is 3.12. The largest absolute Gasteiger partial charge is 0.474 e. The maximum Gasteiger partial charge on any atom is 0.319 e. The van der Waals surface area contributed by atoms with Crippen LogP contribution in [0.3, 0.4) is 0 Å². The predicted molar refractivity (Wildman–Crippen MR) is 93.9 cm³/mol. The van der Waals surface area contributed by atoms with Gasteiger partial charge in [-0.25, -0.2) is 14.2 Å². The van der Waals surface area contributed by atoms with E-state index in [1.54, 1.807) is 31.5 Å². The Bertz CT molecular complexity index is 829. The van der Waals surface area contributed by atoms with Crippen LogP contribution in [-0.4, -0.2) is 37.4 Å². The van der Waals surface area contributed by atoms with Crippen molar-refractivity contribution in [2.45, 2.75) is 18.4 Å². The van der Waals surface area contributed by atoms with Crippen molar-refractivity contribution in [3.63, 3.8) is 0 Å². The molecule has 1 aromatic heterocycles. The van der Waals surface area contributed by atoms with E-state index in [1.165, 1.54) is 6.07 Å². The Balaban J connectivity index is 1.36. The number of carbonyl (C=O) groups excluding carboxylic acids is 1. The highest BCUT2D eigenvalue weighted by atomic mass is 19.1. The van der Waals surface area contributed by atoms with Gasteiger partial charge in [0, 0.05) is 25.3 Å². The lowest BCUT2D eigenvalue weighted by molar-refractivity contribution is 0.144. The van der Waals surface area contributed by atoms with Crippen molar-refractivity contribution in [3.05, 3.63) is 53.5 Å². The standard InChI is InChI=1S/C19H20FN3O3/c1-25-7-8-26-18-15(3-2-6-21-18)22-19(24)23-17-14-10-11-9-12(20)4-5-13(11)16(14)17/h2-6,9,14,16-17H,7-8,10H2,1H3,(H2,22,23,24). The highest BCUT2D eigenvalue weighted by molar-refractivity contribution is 5.91. The number of halogens is 1. The number of aromatic nitrogens is 1. The molecule has 4 rings (SSSR count). The zero-order chi connectivity index (χ0) is 18.1. The number of benzene rings is 1. The molecule has 2 aromatic rings. The summed E-state index contributed by atoms with van der Waals surface area (Å²) in [5.74, 6) is 0.785. The first-order valence-electron chi connectivity index (χ1n) is 8.60. The Kier molecular flexibility index (Phi) is 4.46. The molecule has 6 nitrogen and oxygen atoms in total. The average molecular weight is 357 g/mol. The van der Waals surface area contributed by atoms with E-state index < -0.39 is 0 Å². The third-order valence-corrected chi connectivity index (χ3v) is 4.93. The van der Waals surface area contributed by atoms with Gasteiger partial charge in [0.15, 0.2) is 0 Å². The Morgan fingerprint density at radius 3 is 3.08 bits per heavy atom. The monoisotopic (exact) mass is 357 g/mol. The van der Waals surface area contributed by atoms with Crippen LogP contribution in [0.15, 0.2) is 36.5 Å². The number of ether oxygens (including phenoxy) is 2. The summed E-state index contributed by atoms with van der Waals surface area (Å²) < 4.78 is 23.8. The van der Waals surface area contributed by atoms with Gasteiger partial charge in [-0.05, 0) is 47.7 Å². The van der Waals surface area contributed by atoms with Gasteiger partial charge in [-0.15, -0.1) is 0 Å². The number of hydrogen-bond acceptors (Lipinski definition) is 4. The van der Waals surface area contributed by atoms with E-state index >= 15 is 0 Å². The van der Waals surface area contributed by atoms with Crippen LogP contribution in [-0.2, 0) is 11.2 Å². The molecule has 2 aliphatic rings. The van der Waals surface area contributed by atoms with E-state index in [1.807, 2.05) is 6.07 Å². The second-order valence-corrected chi connectivity index (χ2v) is 6.56. The number of methoxy groups -OCH3 is 1. The fraction of sp³-hybridized carbons (Fsp3) is 0.368. The molecule has 136 valence electrons. The van der Waals surface area contributed by atoms with Gasteiger partial charge < -0.3 is 20.1 Å². The van der Waals surface area contributed by atoms with E-state index in [2.05, 4.69) is 15.6 Å². The van der Waals surface area contributed by atoms with E-state index in [0.717, 1.165) is 17.5 Å². The number of nitrogens with zero attached hydrogens (tertiary/aromatic N) is 1. The first-order chi connectivity index (χ1) is 12.7. The topological polar surface area (TPSA) is 72.5 Å². The van der Waals surface area contributed by atoms with Crippen molar-refractivity contribution in [1.82, 2.24) is 10.3 Å². The van der Waals surface area contributed by atoms with E-state index in [9.17, 15) is 9.18 Å². The van der Waals surface area contributed by atoms with Gasteiger partial charge in [-0.3, -0.25) is 0 Å². The molecular formula is C19H20FN3O3. The lowest BCUT2D eigenvalue weighted by atomic mass is 10.0. The quantitative estimate of drug-likeness (QED) is 0.780. The summed E-state index contributed by atoms with van der Waals surface area (Å²) >= 11 is 0. The van der Waals surface area contributed by atoms with Crippen LogP contribution < -0.4 is 15.4 Å². The van der Waals surface area contributed by atoms with Crippen molar-refractivity contribution in [1.29, 1.82) is 0 Å². The molecule has 0 bridgehead atoms. The minimum Gasteiger partial charge on any atom is -0.474 e. The molecule has 1 fully saturated rings. The molecule has 0 aliphatic heterocycles. The third-order valence-electron chi connectivity index (χ3n) is 4.93. The van der Waals surface area contributed by atoms with Crippen LogP contribution in [0.5, 0.6) is 5.88 Å². The molecule has 2 amide bonds. The Morgan fingerprint density at radius 1 is 1.35 bits per heavy atom. The number of rotatable bonds is 6. The minimum atomic E-state index is -0.294. The molecule has 1 aromatic carbocycles. The smallest absolute Gasteiger partial charge is 0.319 e. The van der Waals surface area contributed by atoms with Gasteiger partial charge in [0.05, 0.1) is 6.61 Å². The van der Waals surface area contributed by atoms with Crippen molar-refractivity contribution in [2.24, 2.45) is 5.92 Å². The SMILES string of the molecule is COCCOc1ncccc1NC(=O)NC1C2Cc3cc(F)ccc3C21. The predicted octanol–water partition coefficient (Wildman–Crippen LogP) is 2.71. The van der Waals surface area contributed by atoms with E-state index in [-0.39, 0.29) is 23.8 Å². The molecule has 2 N–H and O–H groups in total. The zero-order valence-electron chi connectivity index (χ0n) is 14.4. The summed E-state index contributed by atoms with van der Waals surface area (Å²) in [7, 11) is 1.59. The maximum atomic E-state index is 13.3. The normalized spacial score (nSPS) is 22.3. The minimum absolute atomic E-state index is 0.0856. The summed E-state index contributed by atoms with van der Waals surface area (Å²) in [6, 6.07) is 8.17. The molecule has 0 radical (unpaired) electrons. The molecule has 0 saturated heterocycles. The van der Waals surface area contributed by atoms with Crippen LogP contribution in [0.25, 0.3) is 0 Å². The highest BCUT2D eigenvalue weighted by Gasteiger charge is 2.56. The van der Waals surface area contributed by atoms with Crippen LogP contribution in [0.1, 0.15) is 17.0 Å². The zero-order valence-corrected chi connectivity index (χ0v) is 14.4. The molecule has 0 spiro atoms. The molecule has 1 saturated carbocycles. The van der Waals surface area contributed by atoms with Gasteiger partial charge in [0.25, 0.3) is 0 Å². The number of anilines is 1. The van der Waals surface area contributed by atoms with Gasteiger partial charge in [-0.2, -0.15) is 0 Å². The van der Waals surface area contributed by atoms with Crippen molar-refractivity contribution < 1.29 is 18.7 Å². The molecule has 26 heavy (non-hydrogen) atoms. The number of fused-ring (bicyclic) bond motifs is 3. The Labute approximate surface area is 150 Å². The Morgan fingerprint density at radius 2 is 2.23 bits per heavy atom. The van der Waals surface area contributed by atoms with E-state index in [0.29, 0.717) is 30.7 Å². The summed E-state index contributed by atoms with van der Waals surface area (Å²) in [5, 5.41) is 5.80. The van der Waals surface area contributed by atoms with Gasteiger partial charge >= 0.3 is 6.03 Å². The second-order valence-electron chi connectivity index (χ2n) is 6.56. The second kappa shape index (κ2) is 6.92. The number of nitrogens with one attached hydrogen (secondary N) is 2. The first-order valence-corrected chi connectivity index (χ1v) is 8.60. The van der Waals surface area contributed by atoms with Gasteiger partial charge in [0.1, 0.15) is 18.1 Å². The van der Waals surface area contributed by atoms with Crippen LogP contribution in [0, 0.1) is 11.7 Å². The Hall–Kier alpha value is -2.67. The molecule has 2 aliphatic carbocycles. The lowest BCUT2D eigenvalue weighted by Gasteiger charge is -2.13. The summed E-state index contributed by atoms with van der Waals surface area (Å²) in [6.45, 7) is 0.789. The lowest BCUT2D eigenvalue weighted by Crippen LogP contribution is -2.33. The van der Waals surface area contributed by atoms with Crippen molar-refractivity contribution in [2.75, 3.05) is 25.6 Å². The molecule has 7 heteroatoms. The number of pyridine rings is 1. The summed E-state index contributed by atoms with van der Waals surface area (Å²) in [6.07, 6.45) is 2.41. The van der Waals surface area contributed by atoms with Crippen LogP contribution in [0.4, 0.5) is 14.9 Å². The number of hydrogen-bond donors (Lipinski definition) is 2. The summed E-state index contributed by atoms with van der Waals surface area (Å²) in [4.78, 5) is 16.5.